The van der Waals surface area contributed by atoms with Gasteiger partial charge in [-0.3, -0.25) is 19.7 Å². The van der Waals surface area contributed by atoms with Crippen LogP contribution in [-0.4, -0.2) is 28.3 Å². The number of hydrogen-bond donors (Lipinski definition) is 2. The van der Waals surface area contributed by atoms with Gasteiger partial charge in [-0.15, -0.1) is 0 Å². The van der Waals surface area contributed by atoms with Gasteiger partial charge in [0, 0.05) is 29.7 Å². The highest BCUT2D eigenvalue weighted by molar-refractivity contribution is 6.39. The van der Waals surface area contributed by atoms with Crippen LogP contribution in [0.3, 0.4) is 0 Å². The van der Waals surface area contributed by atoms with E-state index in [4.69, 9.17) is 0 Å². The van der Waals surface area contributed by atoms with E-state index >= 15 is 0 Å². The van der Waals surface area contributed by atoms with Gasteiger partial charge in [0.15, 0.2) is 0 Å². The van der Waals surface area contributed by atoms with E-state index in [1.54, 1.807) is 24.3 Å². The average molecular weight is 471 g/mol. The fourth-order valence-electron chi connectivity index (χ4n) is 4.36. The number of benzene rings is 2. The zero-order valence-electron chi connectivity index (χ0n) is 20.2. The van der Waals surface area contributed by atoms with Gasteiger partial charge in [-0.05, 0) is 92.9 Å². The molecule has 1 aliphatic heterocycles. The minimum absolute atomic E-state index is 0.120. The summed E-state index contributed by atoms with van der Waals surface area (Å²) in [7, 11) is 0. The molecule has 2 N–H and O–H groups in total. The molecule has 178 valence electrons. The highest BCUT2D eigenvalue weighted by Crippen LogP contribution is 2.27. The highest BCUT2D eigenvalue weighted by atomic mass is 16.2. The monoisotopic (exact) mass is 470 g/mol. The molecule has 0 unspecified atom stereocenters. The number of aromatic nitrogens is 1. The number of aryl methyl sites for hydroxylation is 3. The lowest BCUT2D eigenvalue weighted by Crippen LogP contribution is -2.54. The lowest BCUT2D eigenvalue weighted by molar-refractivity contribution is -0.122. The summed E-state index contributed by atoms with van der Waals surface area (Å²) in [6.45, 7) is 9.01. The van der Waals surface area contributed by atoms with Crippen LogP contribution in [0.15, 0.2) is 54.1 Å². The topological polar surface area (TPSA) is 101 Å². The molecule has 1 aliphatic rings. The molecule has 2 heterocycles. The van der Waals surface area contributed by atoms with Gasteiger partial charge in [0.2, 0.25) is 5.91 Å². The van der Waals surface area contributed by atoms with Crippen LogP contribution in [0.1, 0.15) is 35.0 Å². The number of barbiturate groups is 1. The smallest absolute Gasteiger partial charge is 0.326 e. The van der Waals surface area contributed by atoms with Gasteiger partial charge in [0.25, 0.3) is 11.8 Å². The van der Waals surface area contributed by atoms with Crippen molar-refractivity contribution >= 4 is 41.2 Å². The molecule has 8 nitrogen and oxygen atoms in total. The van der Waals surface area contributed by atoms with Crippen molar-refractivity contribution in [3.05, 3.63) is 82.2 Å². The van der Waals surface area contributed by atoms with Crippen LogP contribution in [0.25, 0.3) is 11.8 Å². The van der Waals surface area contributed by atoms with E-state index in [-0.39, 0.29) is 11.5 Å². The van der Waals surface area contributed by atoms with Crippen molar-refractivity contribution < 1.29 is 19.2 Å². The molecule has 5 amide bonds. The van der Waals surface area contributed by atoms with Gasteiger partial charge in [-0.1, -0.05) is 6.07 Å². The Balaban J connectivity index is 1.72. The molecule has 0 spiro atoms. The molecule has 0 atom stereocenters. The Morgan fingerprint density at radius 3 is 2.11 bits per heavy atom. The molecule has 2 aromatic carbocycles. The van der Waals surface area contributed by atoms with Crippen molar-refractivity contribution in [1.29, 1.82) is 0 Å². The fourth-order valence-corrected chi connectivity index (χ4v) is 4.36. The van der Waals surface area contributed by atoms with Gasteiger partial charge in [0.05, 0.1) is 5.69 Å². The number of amides is 5. The predicted molar refractivity (Wildman–Crippen MR) is 134 cm³/mol. The molecule has 35 heavy (non-hydrogen) atoms. The first kappa shape index (κ1) is 23.7. The van der Waals surface area contributed by atoms with Crippen molar-refractivity contribution in [3.63, 3.8) is 0 Å². The summed E-state index contributed by atoms with van der Waals surface area (Å²) in [6.07, 6.45) is 1.52. The van der Waals surface area contributed by atoms with Crippen molar-refractivity contribution in [2.24, 2.45) is 0 Å². The van der Waals surface area contributed by atoms with Crippen LogP contribution in [0, 0.1) is 27.7 Å². The Morgan fingerprint density at radius 2 is 1.51 bits per heavy atom. The van der Waals surface area contributed by atoms with E-state index in [0.29, 0.717) is 16.9 Å². The molecule has 0 radical (unpaired) electrons. The third kappa shape index (κ3) is 4.63. The predicted octanol–water partition coefficient (Wildman–Crippen LogP) is 4.34. The molecular weight excluding hydrogens is 444 g/mol. The van der Waals surface area contributed by atoms with Crippen molar-refractivity contribution in [3.8, 4) is 5.69 Å². The summed E-state index contributed by atoms with van der Waals surface area (Å²) in [5.74, 6) is -1.55. The van der Waals surface area contributed by atoms with E-state index in [2.05, 4.69) is 10.6 Å². The van der Waals surface area contributed by atoms with Crippen molar-refractivity contribution in [2.75, 3.05) is 10.2 Å². The maximum Gasteiger partial charge on any atom is 0.335 e. The number of carbonyl (C=O) groups is 4. The third-order valence-electron chi connectivity index (χ3n) is 5.78. The molecule has 4 rings (SSSR count). The zero-order chi connectivity index (χ0) is 25.4. The number of nitrogens with zero attached hydrogens (tertiary/aromatic N) is 2. The fraction of sp³-hybridized carbons (Fsp3) is 0.185. The molecule has 1 aromatic heterocycles. The van der Waals surface area contributed by atoms with Crippen molar-refractivity contribution in [1.82, 2.24) is 9.88 Å². The Hall–Kier alpha value is -4.46. The number of anilines is 2. The lowest BCUT2D eigenvalue weighted by Gasteiger charge is -2.27. The first-order chi connectivity index (χ1) is 16.5. The average Bonchev–Trinajstić information content (AvgIpc) is 3.03. The zero-order valence-corrected chi connectivity index (χ0v) is 20.2. The molecule has 8 heteroatoms. The summed E-state index contributed by atoms with van der Waals surface area (Å²) in [5, 5.41) is 5.02. The number of nitrogens with one attached hydrogen (secondary N) is 2. The molecular formula is C27H26N4O4. The molecule has 1 saturated heterocycles. The van der Waals surface area contributed by atoms with E-state index in [0.717, 1.165) is 33.1 Å². The molecule has 0 bridgehead atoms. The number of rotatable bonds is 4. The second-order valence-electron chi connectivity index (χ2n) is 8.69. The van der Waals surface area contributed by atoms with Gasteiger partial charge < -0.3 is 9.88 Å². The summed E-state index contributed by atoms with van der Waals surface area (Å²) < 4.78 is 1.99. The highest BCUT2D eigenvalue weighted by Gasteiger charge is 2.37. The summed E-state index contributed by atoms with van der Waals surface area (Å²) >= 11 is 0. The minimum Gasteiger partial charge on any atom is -0.326 e. The van der Waals surface area contributed by atoms with Gasteiger partial charge in [0.1, 0.15) is 5.57 Å². The van der Waals surface area contributed by atoms with E-state index in [1.165, 1.54) is 13.0 Å². The quantitative estimate of drug-likeness (QED) is 0.438. The minimum atomic E-state index is -0.771. The summed E-state index contributed by atoms with van der Waals surface area (Å²) in [4.78, 5) is 50.8. The van der Waals surface area contributed by atoms with Crippen molar-refractivity contribution in [2.45, 2.75) is 34.6 Å². The van der Waals surface area contributed by atoms with Crippen LogP contribution >= 0.6 is 0 Å². The normalized spacial score (nSPS) is 14.9. The summed E-state index contributed by atoms with van der Waals surface area (Å²) in [5.41, 5.74) is 6.04. The van der Waals surface area contributed by atoms with Crippen LogP contribution in [-0.2, 0) is 14.4 Å². The van der Waals surface area contributed by atoms with Crippen LogP contribution in [0.4, 0.5) is 16.2 Å². The van der Waals surface area contributed by atoms with E-state index in [1.807, 2.05) is 56.5 Å². The van der Waals surface area contributed by atoms with Crippen LogP contribution < -0.4 is 15.5 Å². The van der Waals surface area contributed by atoms with Crippen LogP contribution in [0.5, 0.6) is 0 Å². The first-order valence-electron chi connectivity index (χ1n) is 11.1. The Labute approximate surface area is 203 Å². The maximum atomic E-state index is 13.3. The largest absolute Gasteiger partial charge is 0.335 e. The second-order valence-corrected chi connectivity index (χ2v) is 8.69. The second kappa shape index (κ2) is 9.06. The van der Waals surface area contributed by atoms with E-state index in [9.17, 15) is 19.2 Å². The maximum absolute atomic E-state index is 13.3. The number of hydrogen-bond acceptors (Lipinski definition) is 4. The lowest BCUT2D eigenvalue weighted by atomic mass is 10.1. The van der Waals surface area contributed by atoms with Gasteiger partial charge in [-0.2, -0.15) is 0 Å². The number of urea groups is 1. The first-order valence-corrected chi connectivity index (χ1v) is 11.1. The standard InChI is InChI=1S/C27H26N4O4/c1-15-10-16(2)12-23(11-15)31-26(34)24(25(33)29-27(31)35)14-20-13-17(3)30(18(20)4)22-8-6-21(7-9-22)28-19(5)32/h6-14H,1-5H3,(H,28,32)(H,29,33,35)/b24-14-. The molecule has 1 fully saturated rings. The third-order valence-corrected chi connectivity index (χ3v) is 5.78. The Morgan fingerprint density at radius 1 is 0.886 bits per heavy atom. The van der Waals surface area contributed by atoms with Gasteiger partial charge >= 0.3 is 6.03 Å². The Bertz CT molecular complexity index is 1390. The number of imide groups is 2. The molecule has 3 aromatic rings. The summed E-state index contributed by atoms with van der Waals surface area (Å²) in [6, 6.07) is 13.9. The molecule has 0 aliphatic carbocycles. The van der Waals surface area contributed by atoms with E-state index < -0.39 is 17.8 Å². The van der Waals surface area contributed by atoms with Crippen LogP contribution in [0.2, 0.25) is 0 Å². The SMILES string of the molecule is CC(=O)Nc1ccc(-n2c(C)cc(/C=C3/C(=O)NC(=O)N(c4cc(C)cc(C)c4)C3=O)c2C)cc1. The number of carbonyl (C=O) groups excluding carboxylic acids is 4. The molecule has 0 saturated carbocycles. The Kier molecular flexibility index (Phi) is 6.13. The van der Waals surface area contributed by atoms with Gasteiger partial charge in [-0.25, -0.2) is 9.69 Å².